The zero-order valence-electron chi connectivity index (χ0n) is 25.0. The first-order chi connectivity index (χ1) is 18.8. The molecule has 0 aromatic rings. The van der Waals surface area contributed by atoms with Gasteiger partial charge in [-0.3, -0.25) is 9.59 Å². The molecule has 9 aliphatic carbocycles. The molecule has 0 aliphatic heterocycles. The van der Waals surface area contributed by atoms with E-state index in [1.165, 1.54) is 83.5 Å². The summed E-state index contributed by atoms with van der Waals surface area (Å²) in [6.45, 7) is 5.90. The first-order valence-corrected chi connectivity index (χ1v) is 17.3. The van der Waals surface area contributed by atoms with Crippen LogP contribution in [0.1, 0.15) is 117 Å². The van der Waals surface area contributed by atoms with Gasteiger partial charge in [0.25, 0.3) is 0 Å². The molecular formula is C36H54O3. The number of fused-ring (bicyclic) bond motifs is 15. The van der Waals surface area contributed by atoms with Crippen molar-refractivity contribution >= 4 is 17.3 Å². The van der Waals surface area contributed by atoms with Crippen LogP contribution in [0.5, 0.6) is 0 Å². The van der Waals surface area contributed by atoms with Crippen LogP contribution in [-0.2, 0) is 14.4 Å². The third-order valence-electron chi connectivity index (χ3n) is 14.7. The number of carbonyl (C=O) groups excluding carboxylic acids is 3. The molecule has 0 spiro atoms. The van der Waals surface area contributed by atoms with Crippen molar-refractivity contribution < 1.29 is 14.4 Å². The fourth-order valence-electron chi connectivity index (χ4n) is 13.7. The number of carbonyl (C=O) groups is 3. The number of ketones is 3. The maximum atomic E-state index is 11.6. The molecule has 0 saturated heterocycles. The van der Waals surface area contributed by atoms with E-state index in [1.807, 2.05) is 6.92 Å². The highest BCUT2D eigenvalue weighted by atomic mass is 16.1. The van der Waals surface area contributed by atoms with Gasteiger partial charge in [-0.1, -0.05) is 26.2 Å². The van der Waals surface area contributed by atoms with Crippen LogP contribution in [-0.4, -0.2) is 17.3 Å². The summed E-state index contributed by atoms with van der Waals surface area (Å²) in [6, 6.07) is 0. The van der Waals surface area contributed by atoms with Crippen molar-refractivity contribution in [2.45, 2.75) is 117 Å². The Hall–Kier alpha value is -0.990. The van der Waals surface area contributed by atoms with Crippen LogP contribution >= 0.6 is 0 Å². The summed E-state index contributed by atoms with van der Waals surface area (Å²) in [5.41, 5.74) is 0. The summed E-state index contributed by atoms with van der Waals surface area (Å²) in [7, 11) is 0. The van der Waals surface area contributed by atoms with Crippen molar-refractivity contribution in [2.24, 2.45) is 88.8 Å². The number of hydrogen-bond donors (Lipinski definition) is 0. The van der Waals surface area contributed by atoms with Crippen LogP contribution in [0.3, 0.4) is 0 Å². The quantitative estimate of drug-likeness (QED) is 0.369. The van der Waals surface area contributed by atoms with Crippen molar-refractivity contribution in [2.75, 3.05) is 0 Å². The lowest BCUT2D eigenvalue weighted by atomic mass is 9.69. The largest absolute Gasteiger partial charge is 0.300 e. The minimum Gasteiger partial charge on any atom is -0.300 e. The Morgan fingerprint density at radius 1 is 0.641 bits per heavy atom. The molecule has 15 unspecified atom stereocenters. The van der Waals surface area contributed by atoms with Gasteiger partial charge in [-0.15, -0.1) is 0 Å². The molecule has 9 fully saturated rings. The minimum atomic E-state index is 0.414. The van der Waals surface area contributed by atoms with Gasteiger partial charge < -0.3 is 4.79 Å². The van der Waals surface area contributed by atoms with Gasteiger partial charge in [0.05, 0.1) is 0 Å². The summed E-state index contributed by atoms with van der Waals surface area (Å²) in [5.74, 6) is 14.2. The van der Waals surface area contributed by atoms with Crippen LogP contribution in [0.2, 0.25) is 0 Å². The highest BCUT2D eigenvalue weighted by Gasteiger charge is 2.58. The molecule has 9 rings (SSSR count). The van der Waals surface area contributed by atoms with Gasteiger partial charge in [-0.25, -0.2) is 0 Å². The molecule has 3 nitrogen and oxygen atoms in total. The Bertz CT molecular complexity index is 980. The van der Waals surface area contributed by atoms with Crippen LogP contribution < -0.4 is 0 Å². The molecular weight excluding hydrogens is 480 g/mol. The predicted octanol–water partition coefficient (Wildman–Crippen LogP) is 7.94. The fraction of sp³-hybridized carbons (Fsp3) is 0.917. The lowest BCUT2D eigenvalue weighted by molar-refractivity contribution is -0.125. The van der Waals surface area contributed by atoms with Gasteiger partial charge >= 0.3 is 0 Å². The van der Waals surface area contributed by atoms with Crippen molar-refractivity contribution in [3.05, 3.63) is 0 Å². The summed E-state index contributed by atoms with van der Waals surface area (Å²) < 4.78 is 0. The van der Waals surface area contributed by atoms with E-state index in [2.05, 4.69) is 6.92 Å². The van der Waals surface area contributed by atoms with Gasteiger partial charge in [0.2, 0.25) is 0 Å². The highest BCUT2D eigenvalue weighted by Crippen LogP contribution is 2.64. The normalized spacial score (nSPS) is 52.7. The fourth-order valence-corrected chi connectivity index (χ4v) is 13.7. The summed E-state index contributed by atoms with van der Waals surface area (Å²) >= 11 is 0. The summed E-state index contributed by atoms with van der Waals surface area (Å²) in [4.78, 5) is 34.2. The maximum Gasteiger partial charge on any atom is 0.136 e. The van der Waals surface area contributed by atoms with Crippen LogP contribution in [0.15, 0.2) is 0 Å². The molecule has 0 radical (unpaired) electrons. The van der Waals surface area contributed by atoms with E-state index in [0.29, 0.717) is 35.1 Å². The lowest BCUT2D eigenvalue weighted by Gasteiger charge is -2.35. The molecule has 0 aromatic heterocycles. The average molecular weight is 535 g/mol. The molecule has 9 saturated carbocycles. The topological polar surface area (TPSA) is 51.2 Å². The molecule has 15 atom stereocenters. The molecule has 9 aliphatic rings. The molecule has 0 aromatic carbocycles. The second-order valence-electron chi connectivity index (χ2n) is 16.2. The zero-order valence-corrected chi connectivity index (χ0v) is 25.0. The molecule has 216 valence electrons. The van der Waals surface area contributed by atoms with E-state index < -0.39 is 0 Å². The SMILES string of the molecule is CC(=O)C1C(C)C2CC1C1CCCC21.CC(=O)CC1CC2CC1C1CCCC21.O=C1CC2CC1C1CCCC21. The Morgan fingerprint density at radius 2 is 1.23 bits per heavy atom. The molecule has 0 N–H and O–H groups in total. The molecule has 0 amide bonds. The lowest BCUT2D eigenvalue weighted by Crippen LogP contribution is -2.34. The summed E-state index contributed by atoms with van der Waals surface area (Å²) in [6.07, 6.45) is 20.2. The average Bonchev–Trinajstić information content (AvgIpc) is 3.68. The van der Waals surface area contributed by atoms with E-state index in [-0.39, 0.29) is 0 Å². The molecule has 6 bridgehead atoms. The van der Waals surface area contributed by atoms with E-state index in [1.54, 1.807) is 6.92 Å². The van der Waals surface area contributed by atoms with Gasteiger partial charge in [-0.05, 0) is 155 Å². The van der Waals surface area contributed by atoms with Crippen LogP contribution in [0.4, 0.5) is 0 Å². The number of hydrogen-bond acceptors (Lipinski definition) is 3. The van der Waals surface area contributed by atoms with E-state index in [4.69, 9.17) is 0 Å². The number of rotatable bonds is 3. The second kappa shape index (κ2) is 10.4. The summed E-state index contributed by atoms with van der Waals surface area (Å²) in [5, 5.41) is 0. The zero-order chi connectivity index (χ0) is 27.0. The molecule has 0 heterocycles. The Balaban J connectivity index is 0.0000000981. The first-order valence-electron chi connectivity index (χ1n) is 17.3. The smallest absolute Gasteiger partial charge is 0.136 e. The van der Waals surface area contributed by atoms with Crippen molar-refractivity contribution in [3.63, 3.8) is 0 Å². The highest BCUT2D eigenvalue weighted by molar-refractivity contribution is 5.85. The Labute approximate surface area is 237 Å². The standard InChI is InChI=1S/2C13H20O.C10H14O/c1-7-11-6-12(13(7)8(2)14)10-5-3-4-9(10)11;1-8(14)5-9-6-10-7-13(9)12-4-2-3-11(10)12;11-10-5-6-4-9(10)8-3-1-2-7(6)8/h7,9-13H,3-6H2,1-2H3;9-13H,2-7H2,1H3;6-9H,1-5H2. The van der Waals surface area contributed by atoms with Crippen LogP contribution in [0, 0.1) is 88.8 Å². The van der Waals surface area contributed by atoms with Gasteiger partial charge in [-0.2, -0.15) is 0 Å². The Morgan fingerprint density at radius 3 is 1.90 bits per heavy atom. The van der Waals surface area contributed by atoms with E-state index >= 15 is 0 Å². The van der Waals surface area contributed by atoms with Gasteiger partial charge in [0, 0.05) is 24.7 Å². The van der Waals surface area contributed by atoms with Crippen molar-refractivity contribution in [1.82, 2.24) is 0 Å². The van der Waals surface area contributed by atoms with Crippen molar-refractivity contribution in [1.29, 1.82) is 0 Å². The second-order valence-corrected chi connectivity index (χ2v) is 16.2. The molecule has 3 heteroatoms. The molecule has 39 heavy (non-hydrogen) atoms. The van der Waals surface area contributed by atoms with Gasteiger partial charge in [0.1, 0.15) is 17.3 Å². The van der Waals surface area contributed by atoms with Crippen LogP contribution in [0.25, 0.3) is 0 Å². The number of Topliss-reactive ketones (excluding diaryl/α,β-unsaturated/α-hetero) is 3. The van der Waals surface area contributed by atoms with Gasteiger partial charge in [0.15, 0.2) is 0 Å². The maximum absolute atomic E-state index is 11.6. The van der Waals surface area contributed by atoms with Crippen molar-refractivity contribution in [3.8, 4) is 0 Å². The third kappa shape index (κ3) is 4.45. The Kier molecular flexibility index (Phi) is 7.15. The van der Waals surface area contributed by atoms with E-state index in [0.717, 1.165) is 83.9 Å². The monoisotopic (exact) mass is 534 g/mol. The predicted molar refractivity (Wildman–Crippen MR) is 154 cm³/mol. The first kappa shape index (κ1) is 26.9. The minimum absolute atomic E-state index is 0.414. The third-order valence-corrected chi connectivity index (χ3v) is 14.7. The van der Waals surface area contributed by atoms with E-state index in [9.17, 15) is 14.4 Å².